The van der Waals surface area contributed by atoms with Crippen molar-refractivity contribution >= 4 is 23.3 Å². The smallest absolute Gasteiger partial charge is 0.306 e. The highest BCUT2D eigenvalue weighted by Gasteiger charge is 2.62. The number of nitrogen functional groups attached to an aromatic ring is 1. The Morgan fingerprint density at radius 1 is 1.32 bits per heavy atom. The number of nitrogens with zero attached hydrogens (tertiary/aromatic N) is 4. The topological polar surface area (TPSA) is 162 Å². The van der Waals surface area contributed by atoms with Gasteiger partial charge in [0.2, 0.25) is 5.60 Å². The number of ether oxygens (including phenoxy) is 3. The van der Waals surface area contributed by atoms with Crippen LogP contribution in [0.4, 0.5) is 5.82 Å². The number of anilines is 1. The van der Waals surface area contributed by atoms with Crippen LogP contribution in [0, 0.1) is 11.3 Å². The number of nitrogens with two attached hydrogens (primary N) is 1. The summed E-state index contributed by atoms with van der Waals surface area (Å²) in [6.07, 6.45) is -2.02. The number of aromatic nitrogens is 3. The van der Waals surface area contributed by atoms with E-state index < -0.39 is 42.5 Å². The number of fused-ring (bicyclic) bond motifs is 2. The van der Waals surface area contributed by atoms with Crippen molar-refractivity contribution < 1.29 is 28.9 Å². The molecule has 0 spiro atoms. The summed E-state index contributed by atoms with van der Waals surface area (Å²) in [5, 5.41) is 23.9. The lowest BCUT2D eigenvalue weighted by Crippen LogP contribution is -2.45. The normalized spacial score (nSPS) is 30.5. The van der Waals surface area contributed by atoms with Crippen molar-refractivity contribution in [1.29, 1.82) is 5.26 Å². The standard InChI is InChI=1S/C17H17N5O6/c18-7-17(11-5-4-9-16(19)20-8-21-22(9)11)15-14(10(6-23)28-17)26-12(24)2-1-3-13(25)27-15/h4-5,8,10,14-15,23H,1-3,6H2,(H2,19,20,21)/t10-,14-,15-,17+/m1/s1. The Bertz CT molecular complexity index is 984. The van der Waals surface area contributed by atoms with Crippen molar-refractivity contribution in [2.75, 3.05) is 12.3 Å². The Morgan fingerprint density at radius 3 is 2.79 bits per heavy atom. The van der Waals surface area contributed by atoms with Gasteiger partial charge in [0.15, 0.2) is 18.0 Å². The van der Waals surface area contributed by atoms with Crippen molar-refractivity contribution in [2.24, 2.45) is 0 Å². The van der Waals surface area contributed by atoms with Crippen LogP contribution in [0.5, 0.6) is 0 Å². The van der Waals surface area contributed by atoms with Crippen LogP contribution < -0.4 is 5.73 Å². The number of nitriles is 1. The van der Waals surface area contributed by atoms with Gasteiger partial charge in [0.25, 0.3) is 0 Å². The summed E-state index contributed by atoms with van der Waals surface area (Å²) in [6.45, 7) is -0.546. The molecule has 4 heterocycles. The number of carbonyl (C=O) groups excluding carboxylic acids is 2. The van der Waals surface area contributed by atoms with Crippen LogP contribution in [-0.2, 0) is 29.4 Å². The van der Waals surface area contributed by atoms with Gasteiger partial charge < -0.3 is 25.1 Å². The van der Waals surface area contributed by atoms with Gasteiger partial charge in [0.05, 0.1) is 12.3 Å². The third-order valence-corrected chi connectivity index (χ3v) is 4.90. The molecule has 28 heavy (non-hydrogen) atoms. The van der Waals surface area contributed by atoms with E-state index in [4.69, 9.17) is 19.9 Å². The fraction of sp³-hybridized carbons (Fsp3) is 0.471. The average Bonchev–Trinajstić information content (AvgIpc) is 3.24. The summed E-state index contributed by atoms with van der Waals surface area (Å²) >= 11 is 0. The first-order valence-corrected chi connectivity index (χ1v) is 8.67. The van der Waals surface area contributed by atoms with Crippen molar-refractivity contribution in [3.63, 3.8) is 0 Å². The molecule has 4 rings (SSSR count). The lowest BCUT2D eigenvalue weighted by Gasteiger charge is -2.28. The highest BCUT2D eigenvalue weighted by molar-refractivity contribution is 5.74. The van der Waals surface area contributed by atoms with Gasteiger partial charge in [-0.15, -0.1) is 0 Å². The van der Waals surface area contributed by atoms with Gasteiger partial charge in [-0.1, -0.05) is 0 Å². The molecule has 0 radical (unpaired) electrons. The molecule has 2 fully saturated rings. The van der Waals surface area contributed by atoms with E-state index in [-0.39, 0.29) is 30.8 Å². The highest BCUT2D eigenvalue weighted by Crippen LogP contribution is 2.43. The lowest BCUT2D eigenvalue weighted by molar-refractivity contribution is -0.166. The van der Waals surface area contributed by atoms with Gasteiger partial charge in [-0.2, -0.15) is 10.4 Å². The molecule has 4 atom stereocenters. The van der Waals surface area contributed by atoms with Crippen LogP contribution >= 0.6 is 0 Å². The Hall–Kier alpha value is -3.23. The summed E-state index contributed by atoms with van der Waals surface area (Å²) in [7, 11) is 0. The van der Waals surface area contributed by atoms with Crippen LogP contribution in [0.3, 0.4) is 0 Å². The Balaban J connectivity index is 1.89. The molecule has 11 nitrogen and oxygen atoms in total. The number of hydrogen-bond donors (Lipinski definition) is 2. The van der Waals surface area contributed by atoms with Crippen LogP contribution in [0.25, 0.3) is 5.52 Å². The first-order chi connectivity index (χ1) is 13.5. The molecular weight excluding hydrogens is 370 g/mol. The SMILES string of the molecule is N#C[C@@]1(c2ccc3c(N)ncnn23)O[C@H](CO)[C@H]2OC(=O)CCCC(=O)O[C@H]21. The second-order valence-electron chi connectivity index (χ2n) is 6.57. The molecule has 2 aromatic rings. The van der Waals surface area contributed by atoms with E-state index in [1.807, 2.05) is 6.07 Å². The first kappa shape index (κ1) is 18.1. The molecule has 3 N–H and O–H groups in total. The molecule has 0 unspecified atom stereocenters. The summed E-state index contributed by atoms with van der Waals surface area (Å²) in [6, 6.07) is 5.17. The molecule has 0 bridgehead atoms. The zero-order valence-corrected chi connectivity index (χ0v) is 14.6. The molecule has 2 aliphatic heterocycles. The molecule has 2 aliphatic rings. The zero-order valence-electron chi connectivity index (χ0n) is 14.6. The minimum atomic E-state index is -1.87. The number of esters is 2. The van der Waals surface area contributed by atoms with Crippen molar-refractivity contribution in [3.8, 4) is 6.07 Å². The van der Waals surface area contributed by atoms with Gasteiger partial charge in [-0.05, 0) is 18.6 Å². The zero-order chi connectivity index (χ0) is 19.9. The maximum absolute atomic E-state index is 12.3. The van der Waals surface area contributed by atoms with Gasteiger partial charge in [0, 0.05) is 12.8 Å². The Kier molecular flexibility index (Phi) is 4.37. The monoisotopic (exact) mass is 387 g/mol. The molecule has 146 valence electrons. The fourth-order valence-corrected chi connectivity index (χ4v) is 3.60. The molecule has 0 aliphatic carbocycles. The maximum Gasteiger partial charge on any atom is 0.306 e. The van der Waals surface area contributed by atoms with Crippen molar-refractivity contribution in [3.05, 3.63) is 24.2 Å². The predicted octanol–water partition coefficient (Wildman–Crippen LogP) is -0.571. The van der Waals surface area contributed by atoms with E-state index in [9.17, 15) is 20.0 Å². The van der Waals surface area contributed by atoms with Gasteiger partial charge >= 0.3 is 11.9 Å². The molecule has 2 saturated heterocycles. The first-order valence-electron chi connectivity index (χ1n) is 8.67. The van der Waals surface area contributed by atoms with Gasteiger partial charge in [-0.25, -0.2) is 9.50 Å². The van der Waals surface area contributed by atoms with E-state index in [0.29, 0.717) is 5.52 Å². The number of carbonyl (C=O) groups is 2. The fourth-order valence-electron chi connectivity index (χ4n) is 3.60. The highest BCUT2D eigenvalue weighted by atomic mass is 16.6. The van der Waals surface area contributed by atoms with E-state index in [1.165, 1.54) is 10.8 Å². The largest absolute Gasteiger partial charge is 0.455 e. The molecule has 0 saturated carbocycles. The van der Waals surface area contributed by atoms with Crippen LogP contribution in [0.1, 0.15) is 25.0 Å². The third-order valence-electron chi connectivity index (χ3n) is 4.90. The number of aliphatic hydroxyl groups excluding tert-OH is 1. The maximum atomic E-state index is 12.3. The quantitative estimate of drug-likeness (QED) is 0.638. The van der Waals surface area contributed by atoms with Crippen LogP contribution in [0.15, 0.2) is 18.5 Å². The number of rotatable bonds is 2. The van der Waals surface area contributed by atoms with Crippen molar-refractivity contribution in [1.82, 2.24) is 14.6 Å². The third kappa shape index (κ3) is 2.65. The molecule has 11 heteroatoms. The number of hydrogen-bond acceptors (Lipinski definition) is 10. The second-order valence-corrected chi connectivity index (χ2v) is 6.57. The lowest BCUT2D eigenvalue weighted by atomic mass is 9.92. The summed E-state index contributed by atoms with van der Waals surface area (Å²) in [5.41, 5.74) is 4.62. The summed E-state index contributed by atoms with van der Waals surface area (Å²) < 4.78 is 18.1. The second kappa shape index (κ2) is 6.74. The number of aliphatic hydroxyl groups is 1. The average molecular weight is 387 g/mol. The molecule has 0 aromatic carbocycles. The van der Waals surface area contributed by atoms with E-state index in [0.717, 1.165) is 0 Å². The van der Waals surface area contributed by atoms with Crippen LogP contribution in [-0.4, -0.2) is 56.6 Å². The summed E-state index contributed by atoms with van der Waals surface area (Å²) in [4.78, 5) is 28.2. The Morgan fingerprint density at radius 2 is 2.07 bits per heavy atom. The molecule has 0 amide bonds. The van der Waals surface area contributed by atoms with Crippen molar-refractivity contribution in [2.45, 2.75) is 43.2 Å². The van der Waals surface area contributed by atoms with E-state index in [1.54, 1.807) is 12.1 Å². The van der Waals surface area contributed by atoms with Gasteiger partial charge in [0.1, 0.15) is 24.0 Å². The van der Waals surface area contributed by atoms with E-state index >= 15 is 0 Å². The van der Waals surface area contributed by atoms with E-state index in [2.05, 4.69) is 10.1 Å². The Labute approximate surface area is 158 Å². The predicted molar refractivity (Wildman–Crippen MR) is 90.3 cm³/mol. The minimum Gasteiger partial charge on any atom is -0.455 e. The minimum absolute atomic E-state index is 0.00631. The molecular formula is C17H17N5O6. The molecule has 2 aromatic heterocycles. The summed E-state index contributed by atoms with van der Waals surface area (Å²) in [5.74, 6) is -0.971. The van der Waals surface area contributed by atoms with Gasteiger partial charge in [-0.3, -0.25) is 9.59 Å². The van der Waals surface area contributed by atoms with Crippen LogP contribution in [0.2, 0.25) is 0 Å².